The normalized spacial score (nSPS) is 15.8. The van der Waals surface area contributed by atoms with Crippen LogP contribution in [0.3, 0.4) is 0 Å². The lowest BCUT2D eigenvalue weighted by Crippen LogP contribution is -2.25. The van der Waals surface area contributed by atoms with E-state index in [1.54, 1.807) is 19.9 Å². The van der Waals surface area contributed by atoms with E-state index >= 15 is 0 Å². The third-order valence-corrected chi connectivity index (χ3v) is 5.64. The lowest BCUT2D eigenvalue weighted by Gasteiger charge is -2.15. The number of carbonyl (C=O) groups is 1. The highest BCUT2D eigenvalue weighted by Gasteiger charge is 2.17. The van der Waals surface area contributed by atoms with Crippen molar-refractivity contribution in [2.24, 2.45) is 5.18 Å². The molecule has 0 spiro atoms. The molecule has 3 rings (SSSR count). The fourth-order valence-electron chi connectivity index (χ4n) is 3.28. The highest BCUT2D eigenvalue weighted by atomic mass is 79.9. The molecule has 0 bridgehead atoms. The van der Waals surface area contributed by atoms with Gasteiger partial charge in [0.25, 0.3) is 5.56 Å². The minimum Gasteiger partial charge on any atom is -0.268 e. The van der Waals surface area contributed by atoms with Gasteiger partial charge in [-0.15, -0.1) is 4.91 Å². The molecule has 0 saturated heterocycles. The summed E-state index contributed by atoms with van der Waals surface area (Å²) in [6, 6.07) is 4.50. The number of alkyl halides is 1. The SMILES string of the molecule is Cc1ccc(C(=O)N=O)cc1-n1c(C)nc(CCC2=CC(F)C=C(F)C=C2)c(Br)c1=O. The van der Waals surface area contributed by atoms with Gasteiger partial charge in [-0.1, -0.05) is 12.1 Å². The van der Waals surface area contributed by atoms with Crippen molar-refractivity contribution in [3.8, 4) is 5.69 Å². The summed E-state index contributed by atoms with van der Waals surface area (Å²) in [5, 5.41) is 2.42. The molecule has 6 nitrogen and oxygen atoms in total. The van der Waals surface area contributed by atoms with Crippen molar-refractivity contribution in [2.45, 2.75) is 32.9 Å². The molecule has 2 aromatic rings. The fraction of sp³-hybridized carbons (Fsp3) is 0.227. The van der Waals surface area contributed by atoms with Gasteiger partial charge in [0, 0.05) is 10.7 Å². The second-order valence-electron chi connectivity index (χ2n) is 7.03. The summed E-state index contributed by atoms with van der Waals surface area (Å²) < 4.78 is 28.6. The van der Waals surface area contributed by atoms with E-state index in [0.717, 1.165) is 6.08 Å². The van der Waals surface area contributed by atoms with Gasteiger partial charge in [-0.2, -0.15) is 0 Å². The Balaban J connectivity index is 1.96. The number of hydrogen-bond acceptors (Lipinski definition) is 4. The Morgan fingerprint density at radius 2 is 1.97 bits per heavy atom. The number of carbonyl (C=O) groups excluding carboxylic acids is 1. The van der Waals surface area contributed by atoms with E-state index in [2.05, 4.69) is 26.1 Å². The Morgan fingerprint density at radius 1 is 1.23 bits per heavy atom. The van der Waals surface area contributed by atoms with Crippen LogP contribution in [0.1, 0.15) is 33.9 Å². The number of aromatic nitrogens is 2. The number of nitroso groups, excluding NO2 is 1. The van der Waals surface area contributed by atoms with Crippen molar-refractivity contribution in [2.75, 3.05) is 0 Å². The molecule has 1 aromatic heterocycles. The van der Waals surface area contributed by atoms with Crippen molar-refractivity contribution >= 4 is 21.8 Å². The third kappa shape index (κ3) is 4.99. The molecule has 160 valence electrons. The van der Waals surface area contributed by atoms with Crippen LogP contribution in [0, 0.1) is 18.8 Å². The Labute approximate surface area is 185 Å². The second-order valence-corrected chi connectivity index (χ2v) is 7.82. The highest BCUT2D eigenvalue weighted by Crippen LogP contribution is 2.22. The first-order chi connectivity index (χ1) is 14.7. The standard InChI is InChI=1S/C22H18BrF2N3O3/c1-12-3-6-15(21(29)27-31)10-19(12)28-13(2)26-18(20(23)22(28)30)8-5-14-4-7-16(24)11-17(25)9-14/h3-4,6-7,9-11,17H,5,8H2,1-2H3. The predicted octanol–water partition coefficient (Wildman–Crippen LogP) is 5.14. The Kier molecular flexibility index (Phi) is 6.84. The first-order valence-corrected chi connectivity index (χ1v) is 10.2. The molecule has 9 heteroatoms. The molecular weight excluding hydrogens is 472 g/mol. The van der Waals surface area contributed by atoms with Crippen molar-refractivity contribution in [1.29, 1.82) is 0 Å². The van der Waals surface area contributed by atoms with E-state index in [1.165, 1.54) is 34.9 Å². The molecule has 0 radical (unpaired) electrons. The summed E-state index contributed by atoms with van der Waals surface area (Å²) in [5.74, 6) is -1.20. The first-order valence-electron chi connectivity index (χ1n) is 9.38. The van der Waals surface area contributed by atoms with Crippen LogP contribution in [0.4, 0.5) is 8.78 Å². The molecular formula is C22H18BrF2N3O3. The third-order valence-electron chi connectivity index (χ3n) is 4.84. The van der Waals surface area contributed by atoms with E-state index in [4.69, 9.17) is 0 Å². The van der Waals surface area contributed by atoms with E-state index < -0.39 is 23.5 Å². The Morgan fingerprint density at radius 3 is 2.68 bits per heavy atom. The minimum atomic E-state index is -1.52. The van der Waals surface area contributed by atoms with E-state index in [9.17, 15) is 23.3 Å². The molecule has 1 aliphatic rings. The number of rotatable bonds is 5. The summed E-state index contributed by atoms with van der Waals surface area (Å²) in [6.45, 7) is 3.40. The van der Waals surface area contributed by atoms with Crippen LogP contribution in [0.25, 0.3) is 5.69 Å². The quantitative estimate of drug-likeness (QED) is 0.544. The second kappa shape index (κ2) is 9.38. The van der Waals surface area contributed by atoms with Crippen LogP contribution in [-0.2, 0) is 6.42 Å². The van der Waals surface area contributed by atoms with Gasteiger partial charge in [-0.05, 0) is 84.1 Å². The number of halogens is 3. The number of hydrogen-bond donors (Lipinski definition) is 0. The number of nitrogens with zero attached hydrogens (tertiary/aromatic N) is 3. The van der Waals surface area contributed by atoms with Crippen LogP contribution in [0.5, 0.6) is 0 Å². The molecule has 0 N–H and O–H groups in total. The van der Waals surface area contributed by atoms with Crippen molar-refractivity contribution in [1.82, 2.24) is 9.55 Å². The van der Waals surface area contributed by atoms with Gasteiger partial charge in [-0.3, -0.25) is 14.2 Å². The van der Waals surface area contributed by atoms with Gasteiger partial charge in [0.05, 0.1) is 11.4 Å². The van der Waals surface area contributed by atoms with Crippen LogP contribution in [0.2, 0.25) is 0 Å². The van der Waals surface area contributed by atoms with Crippen LogP contribution in [-0.4, -0.2) is 21.6 Å². The zero-order valence-corrected chi connectivity index (χ0v) is 18.3. The number of allylic oxidation sites excluding steroid dienone is 6. The molecule has 31 heavy (non-hydrogen) atoms. The molecule has 1 heterocycles. The van der Waals surface area contributed by atoms with Crippen molar-refractivity contribution in [3.05, 3.63) is 96.3 Å². The molecule has 1 atom stereocenters. The molecule has 1 aliphatic carbocycles. The smallest absolute Gasteiger partial charge is 0.268 e. The average Bonchev–Trinajstić information content (AvgIpc) is 2.90. The average molecular weight is 490 g/mol. The first kappa shape index (κ1) is 22.6. The van der Waals surface area contributed by atoms with Crippen molar-refractivity contribution in [3.63, 3.8) is 0 Å². The summed E-state index contributed by atoms with van der Waals surface area (Å²) in [5.41, 5.74) is 1.85. The largest absolute Gasteiger partial charge is 0.316 e. The maximum absolute atomic E-state index is 13.7. The topological polar surface area (TPSA) is 81.4 Å². The van der Waals surface area contributed by atoms with E-state index in [-0.39, 0.29) is 10.0 Å². The van der Waals surface area contributed by atoms with Gasteiger partial charge in [0.1, 0.15) is 22.3 Å². The zero-order chi connectivity index (χ0) is 22.7. The predicted molar refractivity (Wildman–Crippen MR) is 117 cm³/mol. The Hall–Kier alpha value is -3.07. The van der Waals surface area contributed by atoms with Gasteiger partial charge >= 0.3 is 5.91 Å². The van der Waals surface area contributed by atoms with Gasteiger partial charge in [0.2, 0.25) is 0 Å². The number of aryl methyl sites for hydroxylation is 3. The molecule has 0 saturated carbocycles. The van der Waals surface area contributed by atoms with Gasteiger partial charge in [0.15, 0.2) is 0 Å². The fourth-order valence-corrected chi connectivity index (χ4v) is 3.74. The molecule has 0 fully saturated rings. The van der Waals surface area contributed by atoms with E-state index in [0.29, 0.717) is 41.2 Å². The minimum absolute atomic E-state index is 0.0656. The summed E-state index contributed by atoms with van der Waals surface area (Å²) in [7, 11) is 0. The van der Waals surface area contributed by atoms with E-state index in [1.807, 2.05) is 0 Å². The molecule has 1 amide bonds. The molecule has 0 aliphatic heterocycles. The zero-order valence-electron chi connectivity index (χ0n) is 16.7. The Bertz CT molecular complexity index is 1220. The van der Waals surface area contributed by atoms with Crippen molar-refractivity contribution < 1.29 is 13.6 Å². The highest BCUT2D eigenvalue weighted by molar-refractivity contribution is 9.10. The number of benzene rings is 1. The molecule has 1 unspecified atom stereocenters. The van der Waals surface area contributed by atoms with Gasteiger partial charge in [-0.25, -0.2) is 13.8 Å². The lowest BCUT2D eigenvalue weighted by molar-refractivity contribution is 0.100. The number of amides is 1. The van der Waals surface area contributed by atoms with Crippen LogP contribution in [0.15, 0.2) is 68.3 Å². The summed E-state index contributed by atoms with van der Waals surface area (Å²) in [4.78, 5) is 39.8. The maximum atomic E-state index is 13.7. The maximum Gasteiger partial charge on any atom is 0.316 e. The van der Waals surface area contributed by atoms with Crippen LogP contribution < -0.4 is 5.56 Å². The monoisotopic (exact) mass is 489 g/mol. The summed E-state index contributed by atoms with van der Waals surface area (Å²) >= 11 is 3.30. The lowest BCUT2D eigenvalue weighted by atomic mass is 10.1. The molecule has 1 aromatic carbocycles. The summed E-state index contributed by atoms with van der Waals surface area (Å²) in [6.07, 6.45) is 4.06. The van der Waals surface area contributed by atoms with Gasteiger partial charge < -0.3 is 0 Å². The van der Waals surface area contributed by atoms with Crippen LogP contribution >= 0.6 is 15.9 Å².